The Morgan fingerprint density at radius 1 is 1.16 bits per heavy atom. The van der Waals surface area contributed by atoms with Crippen molar-refractivity contribution in [3.05, 3.63) is 83.4 Å². The molecule has 4 heterocycles. The number of piperidine rings is 1. The first-order chi connectivity index (χ1) is 15.5. The van der Waals surface area contributed by atoms with Gasteiger partial charge in [0.25, 0.3) is 5.91 Å². The first-order valence-electron chi connectivity index (χ1n) is 11.5. The Labute approximate surface area is 189 Å². The molecule has 5 nitrogen and oxygen atoms in total. The number of allylic oxidation sites excluding steroid dienone is 7. The van der Waals surface area contributed by atoms with Gasteiger partial charge in [0.1, 0.15) is 0 Å². The predicted octanol–water partition coefficient (Wildman–Crippen LogP) is 4.81. The van der Waals surface area contributed by atoms with Crippen molar-refractivity contribution < 1.29 is 4.79 Å². The van der Waals surface area contributed by atoms with Crippen LogP contribution in [-0.2, 0) is 11.8 Å². The van der Waals surface area contributed by atoms with Crippen molar-refractivity contribution in [2.45, 2.75) is 26.7 Å². The minimum atomic E-state index is -0.00201. The van der Waals surface area contributed by atoms with Gasteiger partial charge >= 0.3 is 0 Å². The topological polar surface area (TPSA) is 41.4 Å². The number of hydrogen-bond donors (Lipinski definition) is 0. The second kappa shape index (κ2) is 8.40. The third-order valence-electron chi connectivity index (χ3n) is 6.96. The summed E-state index contributed by atoms with van der Waals surface area (Å²) in [6.07, 6.45) is 16.4. The number of carbonyl (C=O) groups excluding carboxylic acids is 1. The first kappa shape index (κ1) is 20.7. The van der Waals surface area contributed by atoms with Crippen LogP contribution >= 0.6 is 0 Å². The van der Waals surface area contributed by atoms with Crippen molar-refractivity contribution in [2.75, 3.05) is 19.6 Å². The largest absolute Gasteiger partial charge is 0.304 e. The number of carbonyl (C=O) groups is 1. The van der Waals surface area contributed by atoms with Crippen LogP contribution in [0.4, 0.5) is 0 Å². The van der Waals surface area contributed by atoms with Gasteiger partial charge < -0.3 is 4.90 Å². The number of hydrogen-bond acceptors (Lipinski definition) is 3. The van der Waals surface area contributed by atoms with E-state index in [1.54, 1.807) is 6.08 Å². The van der Waals surface area contributed by atoms with Gasteiger partial charge in [0, 0.05) is 24.7 Å². The van der Waals surface area contributed by atoms with E-state index in [1.807, 2.05) is 41.1 Å². The van der Waals surface area contributed by atoms with Crippen LogP contribution in [0.2, 0.25) is 0 Å². The van der Waals surface area contributed by atoms with Crippen LogP contribution < -0.4 is 0 Å². The van der Waals surface area contributed by atoms with E-state index in [2.05, 4.69) is 54.3 Å². The number of fused-ring (bicyclic) bond motifs is 2. The van der Waals surface area contributed by atoms with E-state index in [4.69, 9.17) is 0 Å². The lowest BCUT2D eigenvalue weighted by molar-refractivity contribution is -0.122. The van der Waals surface area contributed by atoms with E-state index in [-0.39, 0.29) is 5.91 Å². The number of rotatable bonds is 3. The first-order valence-corrected chi connectivity index (χ1v) is 11.5. The summed E-state index contributed by atoms with van der Waals surface area (Å²) in [7, 11) is 1.94. The molecule has 2 aromatic rings. The molecule has 0 unspecified atom stereocenters. The van der Waals surface area contributed by atoms with Gasteiger partial charge in [-0.25, -0.2) is 0 Å². The average molecular weight is 427 g/mol. The molecule has 0 radical (unpaired) electrons. The van der Waals surface area contributed by atoms with E-state index in [0.717, 1.165) is 65.8 Å². The van der Waals surface area contributed by atoms with Crippen LogP contribution in [0, 0.1) is 5.92 Å². The van der Waals surface area contributed by atoms with Crippen molar-refractivity contribution >= 4 is 22.4 Å². The maximum atomic E-state index is 13.4. The monoisotopic (exact) mass is 426 g/mol. The van der Waals surface area contributed by atoms with Gasteiger partial charge in [-0.1, -0.05) is 31.2 Å². The molecule has 1 fully saturated rings. The molecule has 0 spiro atoms. The smallest absolute Gasteiger partial charge is 0.255 e. The standard InChI is InChI=1S/C27H30N4O/c1-4-30-12-10-20(11-13-30)24-14-19(2)25-7-5-6-21(16-27(32)31(25)18-24)22-8-9-26-23(15-22)17-28-29(26)3/h5-9,14-18,20H,4,10-13H2,1-3H3/b6-5+,21-16+,25-7?. The Bertz CT molecular complexity index is 1220. The zero-order valence-electron chi connectivity index (χ0n) is 19.1. The third kappa shape index (κ3) is 3.78. The fourth-order valence-electron chi connectivity index (χ4n) is 4.99. The summed E-state index contributed by atoms with van der Waals surface area (Å²) in [4.78, 5) is 17.7. The normalized spacial score (nSPS) is 23.0. The van der Waals surface area contributed by atoms with Crippen LogP contribution in [-0.4, -0.2) is 45.1 Å². The molecule has 5 rings (SSSR count). The highest BCUT2D eigenvalue weighted by molar-refractivity contribution is 6.01. The minimum Gasteiger partial charge on any atom is -0.304 e. The molecule has 1 amide bonds. The fourth-order valence-corrected chi connectivity index (χ4v) is 4.99. The maximum absolute atomic E-state index is 13.4. The summed E-state index contributed by atoms with van der Waals surface area (Å²) in [5.74, 6) is 0.511. The van der Waals surface area contributed by atoms with Gasteiger partial charge in [-0.3, -0.25) is 14.4 Å². The summed E-state index contributed by atoms with van der Waals surface area (Å²) in [5.41, 5.74) is 6.39. The summed E-state index contributed by atoms with van der Waals surface area (Å²) >= 11 is 0. The second-order valence-electron chi connectivity index (χ2n) is 8.93. The lowest BCUT2D eigenvalue weighted by atomic mass is 9.86. The van der Waals surface area contributed by atoms with E-state index in [9.17, 15) is 4.79 Å². The highest BCUT2D eigenvalue weighted by Gasteiger charge is 2.27. The van der Waals surface area contributed by atoms with Gasteiger partial charge in [-0.2, -0.15) is 5.10 Å². The van der Waals surface area contributed by atoms with E-state index in [0.29, 0.717) is 5.92 Å². The number of aromatic nitrogens is 2. The van der Waals surface area contributed by atoms with Crippen LogP contribution in [0.3, 0.4) is 0 Å². The quantitative estimate of drug-likeness (QED) is 0.707. The van der Waals surface area contributed by atoms with Gasteiger partial charge in [-0.15, -0.1) is 0 Å². The molecule has 0 aliphatic carbocycles. The zero-order valence-corrected chi connectivity index (χ0v) is 19.1. The molecule has 1 aromatic carbocycles. The molecule has 1 aromatic heterocycles. The Morgan fingerprint density at radius 2 is 1.97 bits per heavy atom. The lowest BCUT2D eigenvalue weighted by Gasteiger charge is -2.35. The summed E-state index contributed by atoms with van der Waals surface area (Å²) in [5, 5.41) is 5.40. The minimum absolute atomic E-state index is 0.00201. The number of benzene rings is 1. The average Bonchev–Trinajstić information content (AvgIpc) is 3.17. The van der Waals surface area contributed by atoms with Crippen LogP contribution in [0.25, 0.3) is 16.5 Å². The third-order valence-corrected chi connectivity index (χ3v) is 6.96. The van der Waals surface area contributed by atoms with Gasteiger partial charge in [0.15, 0.2) is 0 Å². The van der Waals surface area contributed by atoms with Gasteiger partial charge in [0.2, 0.25) is 0 Å². The van der Waals surface area contributed by atoms with Crippen molar-refractivity contribution in [1.82, 2.24) is 19.6 Å². The molecule has 32 heavy (non-hydrogen) atoms. The Kier molecular flexibility index (Phi) is 5.43. The van der Waals surface area contributed by atoms with Gasteiger partial charge in [-0.05, 0) is 85.8 Å². The van der Waals surface area contributed by atoms with E-state index >= 15 is 0 Å². The SMILES string of the molecule is CCN1CCC(C2=CN3C(=O)/C=C(c4ccc5c(cnn5C)c4)\C=C\C=C3C(C)=C2)CC1. The summed E-state index contributed by atoms with van der Waals surface area (Å²) in [6, 6.07) is 6.22. The number of likely N-dealkylation sites (tertiary alicyclic amines) is 1. The van der Waals surface area contributed by atoms with Crippen LogP contribution in [0.1, 0.15) is 32.3 Å². The highest BCUT2D eigenvalue weighted by Crippen LogP contribution is 2.34. The van der Waals surface area contributed by atoms with Crippen molar-refractivity contribution in [2.24, 2.45) is 13.0 Å². The molecule has 0 saturated carbocycles. The van der Waals surface area contributed by atoms with Crippen LogP contribution in [0.5, 0.6) is 0 Å². The molecule has 5 heteroatoms. The molecule has 0 atom stereocenters. The Hall–Kier alpha value is -3.18. The van der Waals surface area contributed by atoms with E-state index < -0.39 is 0 Å². The molecule has 164 valence electrons. The molecular weight excluding hydrogens is 396 g/mol. The molecule has 3 aliphatic heterocycles. The maximum Gasteiger partial charge on any atom is 0.255 e. The number of amides is 1. The Morgan fingerprint density at radius 3 is 2.75 bits per heavy atom. The molecular formula is C27H30N4O. The highest BCUT2D eigenvalue weighted by atomic mass is 16.2. The summed E-state index contributed by atoms with van der Waals surface area (Å²) in [6.45, 7) is 7.71. The molecule has 1 saturated heterocycles. The van der Waals surface area contributed by atoms with Crippen molar-refractivity contribution in [3.8, 4) is 0 Å². The van der Waals surface area contributed by atoms with E-state index in [1.165, 1.54) is 5.57 Å². The lowest BCUT2D eigenvalue weighted by Crippen LogP contribution is -2.35. The van der Waals surface area contributed by atoms with Crippen molar-refractivity contribution in [3.63, 3.8) is 0 Å². The van der Waals surface area contributed by atoms with Crippen LogP contribution in [0.15, 0.2) is 77.8 Å². The van der Waals surface area contributed by atoms with Crippen molar-refractivity contribution in [1.29, 1.82) is 0 Å². The molecule has 0 bridgehead atoms. The fraction of sp³-hybridized carbons (Fsp3) is 0.333. The second-order valence-corrected chi connectivity index (χ2v) is 8.93. The number of nitrogens with zero attached hydrogens (tertiary/aromatic N) is 4. The predicted molar refractivity (Wildman–Crippen MR) is 129 cm³/mol. The number of aryl methyl sites for hydroxylation is 1. The zero-order chi connectivity index (χ0) is 22.2. The summed E-state index contributed by atoms with van der Waals surface area (Å²) < 4.78 is 1.86. The Balaban J connectivity index is 1.46. The molecule has 3 aliphatic rings. The molecule has 0 N–H and O–H groups in total. The van der Waals surface area contributed by atoms with Gasteiger partial charge in [0.05, 0.1) is 17.4 Å².